The highest BCUT2D eigenvalue weighted by molar-refractivity contribution is 6.25. The van der Waals surface area contributed by atoms with Gasteiger partial charge in [0.05, 0.1) is 24.8 Å². The zero-order chi connectivity index (χ0) is 7.94. The van der Waals surface area contributed by atoms with Gasteiger partial charge in [-0.05, 0) is 0 Å². The molecule has 1 aromatic heterocycles. The normalized spacial score (nSPS) is 12.9. The van der Waals surface area contributed by atoms with Gasteiger partial charge in [-0.3, -0.25) is 0 Å². The van der Waals surface area contributed by atoms with Crippen LogP contribution in [0.25, 0.3) is 0 Å². The Kier molecular flexibility index (Phi) is 2.67. The Balaban J connectivity index is 0.000000112. The summed E-state index contributed by atoms with van der Waals surface area (Å²) < 4.78 is 0. The van der Waals surface area contributed by atoms with Gasteiger partial charge in [-0.15, -0.1) is 0 Å². The minimum absolute atomic E-state index is 0.407. The molecular weight excluding hydrogens is 146 g/mol. The number of carbonyl (C=O) groups is 1. The second-order valence-corrected chi connectivity index (χ2v) is 1.50. The van der Waals surface area contributed by atoms with Crippen molar-refractivity contribution in [2.45, 2.75) is 0 Å². The van der Waals surface area contributed by atoms with E-state index in [9.17, 15) is 4.79 Å². The summed E-state index contributed by atoms with van der Waals surface area (Å²) in [5.74, 6) is 0. The van der Waals surface area contributed by atoms with Gasteiger partial charge in [-0.2, -0.15) is 25.4 Å². The number of hydrogen-bond acceptors (Lipinski definition) is 3. The van der Waals surface area contributed by atoms with Crippen LogP contribution in [0.15, 0.2) is 22.4 Å². The van der Waals surface area contributed by atoms with Crippen molar-refractivity contribution in [2.24, 2.45) is 9.98 Å². The highest BCUT2D eigenvalue weighted by Gasteiger charge is 1.91. The number of aromatic nitrogens is 3. The zero-order valence-corrected chi connectivity index (χ0v) is 5.51. The molecule has 11 heavy (non-hydrogen) atoms. The number of aromatic amines is 1. The van der Waals surface area contributed by atoms with Gasteiger partial charge >= 0.3 is 6.03 Å². The summed E-state index contributed by atoms with van der Waals surface area (Å²) in [6.07, 6.45) is 5.89. The molecule has 1 aliphatic rings. The van der Waals surface area contributed by atoms with E-state index in [2.05, 4.69) is 25.4 Å². The first-order valence-corrected chi connectivity index (χ1v) is 2.80. The number of aliphatic imine (C=N–C) groups is 2. The third-order valence-corrected chi connectivity index (χ3v) is 0.768. The van der Waals surface area contributed by atoms with Crippen molar-refractivity contribution < 1.29 is 4.79 Å². The molecule has 6 nitrogen and oxygen atoms in total. The summed E-state index contributed by atoms with van der Waals surface area (Å²) in [4.78, 5) is 16.3. The molecule has 2 heterocycles. The van der Waals surface area contributed by atoms with Gasteiger partial charge in [0, 0.05) is 0 Å². The second kappa shape index (κ2) is 4.04. The van der Waals surface area contributed by atoms with E-state index in [0.717, 1.165) is 0 Å². The van der Waals surface area contributed by atoms with E-state index in [1.54, 1.807) is 12.4 Å². The number of carbonyl (C=O) groups excluding carboxylic acids is 1. The lowest BCUT2D eigenvalue weighted by Crippen LogP contribution is -1.70. The number of nitrogens with zero attached hydrogens (tertiary/aromatic N) is 4. The summed E-state index contributed by atoms with van der Waals surface area (Å²) in [5.41, 5.74) is 0. The molecule has 0 radical (unpaired) electrons. The van der Waals surface area contributed by atoms with E-state index in [1.807, 2.05) is 0 Å². The predicted octanol–water partition coefficient (Wildman–Crippen LogP) is 0.0663. The SMILES string of the molecule is O=C1N=CC=N1.c1cn[nH]n1. The van der Waals surface area contributed by atoms with Crippen LogP contribution in [0.2, 0.25) is 0 Å². The summed E-state index contributed by atoms with van der Waals surface area (Å²) in [5, 5.41) is 9.33. The summed E-state index contributed by atoms with van der Waals surface area (Å²) in [6.45, 7) is 0. The second-order valence-electron chi connectivity index (χ2n) is 1.50. The zero-order valence-electron chi connectivity index (χ0n) is 5.51. The number of amides is 2. The van der Waals surface area contributed by atoms with Gasteiger partial charge in [0.25, 0.3) is 0 Å². The van der Waals surface area contributed by atoms with Gasteiger partial charge < -0.3 is 0 Å². The fourth-order valence-corrected chi connectivity index (χ4v) is 0.394. The van der Waals surface area contributed by atoms with Crippen LogP contribution < -0.4 is 0 Å². The molecule has 6 heteroatoms. The van der Waals surface area contributed by atoms with Crippen molar-refractivity contribution in [3.05, 3.63) is 12.4 Å². The highest BCUT2D eigenvalue weighted by Crippen LogP contribution is 1.81. The monoisotopic (exact) mass is 151 g/mol. The fraction of sp³-hybridized carbons (Fsp3) is 0. The molecule has 0 bridgehead atoms. The molecule has 0 atom stereocenters. The summed E-state index contributed by atoms with van der Waals surface area (Å²) in [6, 6.07) is -0.407. The molecule has 1 N–H and O–H groups in total. The number of rotatable bonds is 0. The first-order chi connectivity index (χ1) is 5.39. The molecule has 0 saturated carbocycles. The molecule has 56 valence electrons. The topological polar surface area (TPSA) is 83.4 Å². The first-order valence-electron chi connectivity index (χ1n) is 2.80. The fourth-order valence-electron chi connectivity index (χ4n) is 0.394. The van der Waals surface area contributed by atoms with E-state index in [4.69, 9.17) is 0 Å². The molecule has 0 unspecified atom stereocenters. The standard InChI is InChI=1S/C3H2N2O.C2H3N3/c6-3-4-1-2-5-3;1-2-4-5-3-1/h1-2H;1-2H,(H,3,4,5). The average Bonchev–Trinajstić information content (AvgIpc) is 2.57. The largest absolute Gasteiger partial charge is 0.367 e. The number of urea groups is 1. The van der Waals surface area contributed by atoms with Crippen LogP contribution in [0.4, 0.5) is 4.79 Å². The Labute approximate surface area is 62.1 Å². The third-order valence-electron chi connectivity index (χ3n) is 0.768. The van der Waals surface area contributed by atoms with Crippen LogP contribution in [-0.4, -0.2) is 33.9 Å². The molecular formula is C5H5N5O. The van der Waals surface area contributed by atoms with Crippen LogP contribution in [0.5, 0.6) is 0 Å². The van der Waals surface area contributed by atoms with Crippen LogP contribution in [0, 0.1) is 0 Å². The Morgan fingerprint density at radius 2 is 1.64 bits per heavy atom. The molecule has 0 aliphatic carbocycles. The van der Waals surface area contributed by atoms with E-state index in [1.165, 1.54) is 12.4 Å². The quantitative estimate of drug-likeness (QED) is 0.569. The smallest absolute Gasteiger partial charge is 0.244 e. The van der Waals surface area contributed by atoms with Crippen molar-refractivity contribution in [3.63, 3.8) is 0 Å². The van der Waals surface area contributed by atoms with Crippen LogP contribution in [-0.2, 0) is 0 Å². The van der Waals surface area contributed by atoms with E-state index < -0.39 is 6.03 Å². The maximum atomic E-state index is 9.85. The molecule has 2 rings (SSSR count). The lowest BCUT2D eigenvalue weighted by atomic mass is 10.9. The minimum Gasteiger partial charge on any atom is -0.244 e. The Bertz CT molecular complexity index is 231. The number of H-pyrrole nitrogens is 1. The van der Waals surface area contributed by atoms with Crippen molar-refractivity contribution in [1.82, 2.24) is 15.4 Å². The Hall–Kier alpha value is -1.85. The molecule has 0 fully saturated rings. The lowest BCUT2D eigenvalue weighted by molar-refractivity contribution is 0.257. The van der Waals surface area contributed by atoms with Crippen molar-refractivity contribution in [1.29, 1.82) is 0 Å². The van der Waals surface area contributed by atoms with Crippen molar-refractivity contribution in [3.8, 4) is 0 Å². The van der Waals surface area contributed by atoms with E-state index >= 15 is 0 Å². The Morgan fingerprint density at radius 3 is 1.82 bits per heavy atom. The average molecular weight is 151 g/mol. The number of nitrogens with one attached hydrogen (secondary N) is 1. The minimum atomic E-state index is -0.407. The number of hydrogen-bond donors (Lipinski definition) is 1. The van der Waals surface area contributed by atoms with Crippen LogP contribution >= 0.6 is 0 Å². The van der Waals surface area contributed by atoms with Gasteiger partial charge in [0.2, 0.25) is 0 Å². The maximum Gasteiger partial charge on any atom is 0.367 e. The first kappa shape index (κ1) is 7.26. The van der Waals surface area contributed by atoms with Crippen molar-refractivity contribution >= 4 is 18.5 Å². The predicted molar refractivity (Wildman–Crippen MR) is 38.8 cm³/mol. The Morgan fingerprint density at radius 1 is 1.09 bits per heavy atom. The van der Waals surface area contributed by atoms with Gasteiger partial charge in [0.15, 0.2) is 0 Å². The van der Waals surface area contributed by atoms with Crippen LogP contribution in [0.1, 0.15) is 0 Å². The lowest BCUT2D eigenvalue weighted by Gasteiger charge is -1.62. The maximum absolute atomic E-state index is 9.85. The molecule has 0 spiro atoms. The molecule has 0 aromatic carbocycles. The molecule has 1 aromatic rings. The molecule has 0 saturated heterocycles. The van der Waals surface area contributed by atoms with Crippen molar-refractivity contribution in [2.75, 3.05) is 0 Å². The van der Waals surface area contributed by atoms with Gasteiger partial charge in [0.1, 0.15) is 0 Å². The third kappa shape index (κ3) is 2.99. The molecule has 1 aliphatic heterocycles. The van der Waals surface area contributed by atoms with E-state index in [0.29, 0.717) is 0 Å². The van der Waals surface area contributed by atoms with Gasteiger partial charge in [-0.1, -0.05) is 0 Å². The summed E-state index contributed by atoms with van der Waals surface area (Å²) >= 11 is 0. The van der Waals surface area contributed by atoms with E-state index in [-0.39, 0.29) is 0 Å². The van der Waals surface area contributed by atoms with Crippen LogP contribution in [0.3, 0.4) is 0 Å². The summed E-state index contributed by atoms with van der Waals surface area (Å²) in [7, 11) is 0. The van der Waals surface area contributed by atoms with Gasteiger partial charge in [-0.25, -0.2) is 4.79 Å². The molecule has 2 amide bonds. The highest BCUT2D eigenvalue weighted by atomic mass is 16.2.